The SMILES string of the molecule is COCCCCNC1CCC(C)CC1C. The average Bonchev–Trinajstić information content (AvgIpc) is 2.20. The number of hydrogen-bond donors (Lipinski definition) is 1. The van der Waals surface area contributed by atoms with Crippen molar-refractivity contribution in [3.8, 4) is 0 Å². The summed E-state index contributed by atoms with van der Waals surface area (Å²) in [5, 5.41) is 3.70. The van der Waals surface area contributed by atoms with Gasteiger partial charge in [-0.2, -0.15) is 0 Å². The third-order valence-electron chi connectivity index (χ3n) is 3.61. The lowest BCUT2D eigenvalue weighted by atomic mass is 9.80. The van der Waals surface area contributed by atoms with Gasteiger partial charge < -0.3 is 10.1 Å². The summed E-state index contributed by atoms with van der Waals surface area (Å²) in [6.45, 7) is 6.83. The Morgan fingerprint density at radius 2 is 2.00 bits per heavy atom. The van der Waals surface area contributed by atoms with Crippen molar-refractivity contribution >= 4 is 0 Å². The number of unbranched alkanes of at least 4 members (excludes halogenated alkanes) is 1. The van der Waals surface area contributed by atoms with Crippen LogP contribution in [0.15, 0.2) is 0 Å². The predicted molar refractivity (Wildman–Crippen MR) is 65.1 cm³/mol. The van der Waals surface area contributed by atoms with E-state index in [1.165, 1.54) is 32.1 Å². The average molecular weight is 213 g/mol. The van der Waals surface area contributed by atoms with Crippen LogP contribution >= 0.6 is 0 Å². The highest BCUT2D eigenvalue weighted by Crippen LogP contribution is 2.28. The minimum Gasteiger partial charge on any atom is -0.385 e. The molecule has 2 nitrogen and oxygen atoms in total. The second-order valence-electron chi connectivity index (χ2n) is 5.16. The lowest BCUT2D eigenvalue weighted by Gasteiger charge is -2.33. The van der Waals surface area contributed by atoms with E-state index in [1.807, 2.05) is 0 Å². The smallest absolute Gasteiger partial charge is 0.0462 e. The minimum atomic E-state index is 0.767. The van der Waals surface area contributed by atoms with E-state index in [9.17, 15) is 0 Å². The summed E-state index contributed by atoms with van der Waals surface area (Å²) in [5.41, 5.74) is 0. The Bertz CT molecular complexity index is 161. The lowest BCUT2D eigenvalue weighted by Crippen LogP contribution is -2.39. The highest BCUT2D eigenvalue weighted by atomic mass is 16.5. The van der Waals surface area contributed by atoms with Gasteiger partial charge in [-0.05, 0) is 50.5 Å². The fourth-order valence-electron chi connectivity index (χ4n) is 2.63. The van der Waals surface area contributed by atoms with Crippen LogP contribution in [0.3, 0.4) is 0 Å². The van der Waals surface area contributed by atoms with Gasteiger partial charge in [0.05, 0.1) is 0 Å². The van der Waals surface area contributed by atoms with Gasteiger partial charge >= 0.3 is 0 Å². The monoisotopic (exact) mass is 213 g/mol. The first-order valence-electron chi connectivity index (χ1n) is 6.46. The van der Waals surface area contributed by atoms with Crippen molar-refractivity contribution in [2.75, 3.05) is 20.3 Å². The molecule has 1 N–H and O–H groups in total. The highest BCUT2D eigenvalue weighted by molar-refractivity contribution is 4.80. The summed E-state index contributed by atoms with van der Waals surface area (Å²) >= 11 is 0. The van der Waals surface area contributed by atoms with Crippen LogP contribution in [-0.2, 0) is 4.74 Å². The topological polar surface area (TPSA) is 21.3 Å². The Balaban J connectivity index is 2.05. The van der Waals surface area contributed by atoms with E-state index in [0.717, 1.165) is 31.0 Å². The van der Waals surface area contributed by atoms with Crippen molar-refractivity contribution in [3.05, 3.63) is 0 Å². The van der Waals surface area contributed by atoms with Crippen molar-refractivity contribution in [3.63, 3.8) is 0 Å². The largest absolute Gasteiger partial charge is 0.385 e. The van der Waals surface area contributed by atoms with Crippen LogP contribution < -0.4 is 5.32 Å². The van der Waals surface area contributed by atoms with E-state index in [-0.39, 0.29) is 0 Å². The molecule has 1 rings (SSSR count). The highest BCUT2D eigenvalue weighted by Gasteiger charge is 2.24. The van der Waals surface area contributed by atoms with E-state index in [1.54, 1.807) is 7.11 Å². The molecule has 0 bridgehead atoms. The van der Waals surface area contributed by atoms with Crippen LogP contribution in [0.25, 0.3) is 0 Å². The molecule has 3 unspecified atom stereocenters. The fourth-order valence-corrected chi connectivity index (χ4v) is 2.63. The summed E-state index contributed by atoms with van der Waals surface area (Å²) in [7, 11) is 1.78. The summed E-state index contributed by atoms with van der Waals surface area (Å²) < 4.78 is 5.04. The predicted octanol–water partition coefficient (Wildman–Crippen LogP) is 2.83. The normalized spacial score (nSPS) is 31.8. The molecule has 3 atom stereocenters. The quantitative estimate of drug-likeness (QED) is 0.685. The summed E-state index contributed by atoms with van der Waals surface area (Å²) in [4.78, 5) is 0. The van der Waals surface area contributed by atoms with Crippen molar-refractivity contribution in [2.24, 2.45) is 11.8 Å². The van der Waals surface area contributed by atoms with Gasteiger partial charge in [-0.3, -0.25) is 0 Å². The molecule has 0 heterocycles. The zero-order valence-corrected chi connectivity index (χ0v) is 10.6. The molecule has 0 aromatic carbocycles. The molecule has 0 spiro atoms. The van der Waals surface area contributed by atoms with Gasteiger partial charge in [0.15, 0.2) is 0 Å². The Hall–Kier alpha value is -0.0800. The Morgan fingerprint density at radius 3 is 2.67 bits per heavy atom. The van der Waals surface area contributed by atoms with Crippen molar-refractivity contribution < 1.29 is 4.74 Å². The molecule has 0 aromatic heterocycles. The standard InChI is InChI=1S/C13H27NO/c1-11-6-7-13(12(2)10-11)14-8-4-5-9-15-3/h11-14H,4-10H2,1-3H3. The van der Waals surface area contributed by atoms with Crippen molar-refractivity contribution in [1.29, 1.82) is 0 Å². The van der Waals surface area contributed by atoms with Crippen LogP contribution in [-0.4, -0.2) is 26.3 Å². The molecule has 0 aromatic rings. The number of nitrogens with one attached hydrogen (secondary N) is 1. The molecule has 1 aliphatic rings. The molecule has 2 heteroatoms. The molecular formula is C13H27NO. The van der Waals surface area contributed by atoms with Gasteiger partial charge in [-0.25, -0.2) is 0 Å². The van der Waals surface area contributed by atoms with Gasteiger partial charge in [-0.15, -0.1) is 0 Å². The summed E-state index contributed by atoms with van der Waals surface area (Å²) in [5.74, 6) is 1.79. The number of hydrogen-bond acceptors (Lipinski definition) is 2. The van der Waals surface area contributed by atoms with E-state index < -0.39 is 0 Å². The second-order valence-corrected chi connectivity index (χ2v) is 5.16. The molecule has 15 heavy (non-hydrogen) atoms. The summed E-state index contributed by atoms with van der Waals surface area (Å²) in [6, 6.07) is 0.767. The van der Waals surface area contributed by atoms with Crippen molar-refractivity contribution in [2.45, 2.75) is 52.0 Å². The maximum atomic E-state index is 5.04. The zero-order chi connectivity index (χ0) is 11.1. The molecule has 1 aliphatic carbocycles. The second kappa shape index (κ2) is 7.24. The van der Waals surface area contributed by atoms with Gasteiger partial charge in [0.1, 0.15) is 0 Å². The zero-order valence-electron chi connectivity index (χ0n) is 10.6. The van der Waals surface area contributed by atoms with E-state index in [2.05, 4.69) is 19.2 Å². The molecular weight excluding hydrogens is 186 g/mol. The van der Waals surface area contributed by atoms with Crippen LogP contribution in [0.4, 0.5) is 0 Å². The van der Waals surface area contributed by atoms with Crippen LogP contribution in [0.1, 0.15) is 46.0 Å². The number of rotatable bonds is 6. The third-order valence-corrected chi connectivity index (χ3v) is 3.61. The molecule has 0 aliphatic heterocycles. The van der Waals surface area contributed by atoms with Gasteiger partial charge in [0.2, 0.25) is 0 Å². The van der Waals surface area contributed by atoms with E-state index in [4.69, 9.17) is 4.74 Å². The lowest BCUT2D eigenvalue weighted by molar-refractivity contribution is 0.189. The number of methoxy groups -OCH3 is 1. The van der Waals surface area contributed by atoms with Crippen LogP contribution in [0.5, 0.6) is 0 Å². The molecule has 1 fully saturated rings. The van der Waals surface area contributed by atoms with E-state index in [0.29, 0.717) is 0 Å². The Kier molecular flexibility index (Phi) is 6.26. The van der Waals surface area contributed by atoms with Gasteiger partial charge in [0.25, 0.3) is 0 Å². The molecule has 0 amide bonds. The molecule has 90 valence electrons. The molecule has 0 radical (unpaired) electrons. The molecule has 1 saturated carbocycles. The first kappa shape index (κ1) is 13.0. The minimum absolute atomic E-state index is 0.767. The number of ether oxygens (including phenoxy) is 1. The Labute approximate surface area is 94.8 Å². The maximum absolute atomic E-state index is 5.04. The maximum Gasteiger partial charge on any atom is 0.0462 e. The summed E-state index contributed by atoms with van der Waals surface area (Å²) in [6.07, 6.45) is 6.59. The Morgan fingerprint density at radius 1 is 1.20 bits per heavy atom. The first-order valence-corrected chi connectivity index (χ1v) is 6.46. The van der Waals surface area contributed by atoms with Gasteiger partial charge in [-0.1, -0.05) is 13.8 Å². The van der Waals surface area contributed by atoms with Crippen LogP contribution in [0, 0.1) is 11.8 Å². The van der Waals surface area contributed by atoms with Gasteiger partial charge in [0, 0.05) is 19.8 Å². The first-order chi connectivity index (χ1) is 7.24. The van der Waals surface area contributed by atoms with Crippen molar-refractivity contribution in [1.82, 2.24) is 5.32 Å². The molecule has 0 saturated heterocycles. The third kappa shape index (κ3) is 4.98. The fraction of sp³-hybridized carbons (Fsp3) is 1.00. The van der Waals surface area contributed by atoms with E-state index >= 15 is 0 Å². The van der Waals surface area contributed by atoms with Crippen LogP contribution in [0.2, 0.25) is 0 Å².